The Morgan fingerprint density at radius 2 is 0.885 bits per heavy atom. The van der Waals surface area contributed by atoms with Crippen LogP contribution in [-0.2, 0) is 32.0 Å². The first-order valence-corrected chi connectivity index (χ1v) is 19.8. The molecule has 0 aliphatic rings. The molecule has 0 spiro atoms. The topological polar surface area (TPSA) is 157 Å². The van der Waals surface area contributed by atoms with Crippen LogP contribution in [0.4, 0.5) is 0 Å². The fraction of sp³-hybridized carbons (Fsp3) is 0.619. The van der Waals surface area contributed by atoms with E-state index in [-0.39, 0.29) is 30.2 Å². The summed E-state index contributed by atoms with van der Waals surface area (Å²) >= 11 is 0. The maximum atomic E-state index is 13.8. The Morgan fingerprint density at radius 1 is 0.500 bits per heavy atom. The molecule has 0 aromatic heterocycles. The summed E-state index contributed by atoms with van der Waals surface area (Å²) in [4.78, 5) is 52.8. The molecule has 0 unspecified atom stereocenters. The molecule has 4 amide bonds. The molecule has 3 atom stereocenters. The molecule has 52 heavy (non-hydrogen) atoms. The molecule has 10 heteroatoms. The second-order valence-corrected chi connectivity index (χ2v) is 14.1. The lowest BCUT2D eigenvalue weighted by atomic mass is 10.0. The van der Waals surface area contributed by atoms with Gasteiger partial charge >= 0.3 is 0 Å². The third-order valence-electron chi connectivity index (χ3n) is 9.39. The molecule has 290 valence electrons. The number of nitrogens with one attached hydrogen (secondary N) is 4. The van der Waals surface area contributed by atoms with E-state index >= 15 is 0 Å². The summed E-state index contributed by atoms with van der Waals surface area (Å²) in [5.74, 6) is -1.57. The maximum Gasteiger partial charge on any atom is 0.243 e. The van der Waals surface area contributed by atoms with Gasteiger partial charge in [0.05, 0.1) is 0 Å². The van der Waals surface area contributed by atoms with Crippen LogP contribution in [0.25, 0.3) is 0 Å². The van der Waals surface area contributed by atoms with Crippen molar-refractivity contribution in [1.29, 1.82) is 0 Å². The van der Waals surface area contributed by atoms with Crippen LogP contribution in [0.1, 0.15) is 141 Å². The number of carbonyl (C=O) groups excluding carboxylic acids is 4. The van der Waals surface area contributed by atoms with Gasteiger partial charge in [-0.2, -0.15) is 0 Å². The first-order valence-electron chi connectivity index (χ1n) is 19.8. The van der Waals surface area contributed by atoms with E-state index in [1.807, 2.05) is 6.92 Å². The average Bonchev–Trinajstić information content (AvgIpc) is 3.12. The number of aromatic hydroxyl groups is 2. The van der Waals surface area contributed by atoms with Gasteiger partial charge < -0.3 is 31.5 Å². The summed E-state index contributed by atoms with van der Waals surface area (Å²) in [7, 11) is 0. The third kappa shape index (κ3) is 19.5. The normalized spacial score (nSPS) is 12.8. The zero-order valence-corrected chi connectivity index (χ0v) is 32.0. The molecular formula is C42H66N4O6. The molecule has 0 aliphatic carbocycles. The molecule has 2 aromatic carbocycles. The smallest absolute Gasteiger partial charge is 0.243 e. The third-order valence-corrected chi connectivity index (χ3v) is 9.39. The summed E-state index contributed by atoms with van der Waals surface area (Å²) in [6, 6.07) is 9.86. The Balaban J connectivity index is 1.93. The molecule has 0 radical (unpaired) electrons. The van der Waals surface area contributed by atoms with E-state index in [9.17, 15) is 29.4 Å². The van der Waals surface area contributed by atoms with E-state index in [1.165, 1.54) is 102 Å². The predicted molar refractivity (Wildman–Crippen MR) is 208 cm³/mol. The average molecular weight is 723 g/mol. The first-order chi connectivity index (χ1) is 25.1. The summed E-state index contributed by atoms with van der Waals surface area (Å²) in [6.45, 7) is 6.13. The Labute approximate surface area is 312 Å². The Morgan fingerprint density at radius 3 is 1.31 bits per heavy atom. The van der Waals surface area contributed by atoms with Gasteiger partial charge in [0.2, 0.25) is 23.6 Å². The number of phenols is 2. The molecule has 0 aliphatic heterocycles. The van der Waals surface area contributed by atoms with Crippen LogP contribution in [-0.4, -0.2) is 58.5 Å². The van der Waals surface area contributed by atoms with E-state index < -0.39 is 35.8 Å². The zero-order valence-electron chi connectivity index (χ0n) is 32.0. The van der Waals surface area contributed by atoms with Crippen LogP contribution in [0.3, 0.4) is 0 Å². The molecule has 2 rings (SSSR count). The predicted octanol–water partition coefficient (Wildman–Crippen LogP) is 7.15. The minimum atomic E-state index is -1.06. The maximum absolute atomic E-state index is 13.8. The summed E-state index contributed by atoms with van der Waals surface area (Å²) in [5.41, 5.74) is 1.40. The van der Waals surface area contributed by atoms with E-state index in [4.69, 9.17) is 0 Å². The highest BCUT2D eigenvalue weighted by molar-refractivity contribution is 5.94. The molecular weight excluding hydrogens is 656 g/mol. The number of rotatable bonds is 28. The van der Waals surface area contributed by atoms with Crippen molar-refractivity contribution in [3.63, 3.8) is 0 Å². The van der Waals surface area contributed by atoms with Gasteiger partial charge in [-0.1, -0.05) is 134 Å². The number of benzene rings is 2. The summed E-state index contributed by atoms with van der Waals surface area (Å²) in [5, 5.41) is 30.8. The van der Waals surface area contributed by atoms with Crippen molar-refractivity contribution in [3.8, 4) is 11.5 Å². The van der Waals surface area contributed by atoms with Crippen LogP contribution in [0.2, 0.25) is 0 Å². The van der Waals surface area contributed by atoms with Crippen molar-refractivity contribution in [2.45, 2.75) is 161 Å². The Bertz CT molecular complexity index is 1300. The van der Waals surface area contributed by atoms with Crippen LogP contribution in [0.5, 0.6) is 11.5 Å². The largest absolute Gasteiger partial charge is 0.508 e. The number of hydrogen-bond acceptors (Lipinski definition) is 6. The van der Waals surface area contributed by atoms with Gasteiger partial charge in [0.25, 0.3) is 0 Å². The van der Waals surface area contributed by atoms with Crippen LogP contribution in [0, 0.1) is 0 Å². The van der Waals surface area contributed by atoms with Crippen molar-refractivity contribution in [2.75, 3.05) is 6.54 Å². The standard InChI is InChI=1S/C42H66N4O6/c1-4-6-8-9-10-11-12-13-14-15-16-17-18-19-29-43-40(50)37(20-7-5-2)45-42(52)39(31-34-23-27-36(49)28-24-34)46-41(51)38(44-32(3)47)30-33-21-25-35(48)26-22-33/h21-28,37-39,48-49H,4-20,29-31H2,1-3H3,(H,43,50)(H,44,47)(H,45,52)(H,46,51)/t37-,38-,39-/m0/s1. The first kappa shape index (κ1) is 44.1. The minimum absolute atomic E-state index is 0.0727. The second kappa shape index (κ2) is 26.7. The minimum Gasteiger partial charge on any atom is -0.508 e. The van der Waals surface area contributed by atoms with Gasteiger partial charge in [-0.15, -0.1) is 0 Å². The molecule has 0 bridgehead atoms. The monoisotopic (exact) mass is 722 g/mol. The van der Waals surface area contributed by atoms with Crippen molar-refractivity contribution < 1.29 is 29.4 Å². The Kier molecular flexibility index (Phi) is 22.6. The number of phenolic OH excluding ortho intramolecular Hbond substituents is 2. The molecule has 6 N–H and O–H groups in total. The van der Waals surface area contributed by atoms with Gasteiger partial charge in [0.15, 0.2) is 0 Å². The van der Waals surface area contributed by atoms with Crippen LogP contribution in [0.15, 0.2) is 48.5 Å². The number of unbranched alkanes of at least 4 members (excludes halogenated alkanes) is 14. The summed E-state index contributed by atoms with van der Waals surface area (Å²) < 4.78 is 0. The molecule has 2 aromatic rings. The van der Waals surface area contributed by atoms with E-state index in [0.29, 0.717) is 24.1 Å². The van der Waals surface area contributed by atoms with Crippen LogP contribution < -0.4 is 21.3 Å². The summed E-state index contributed by atoms with van der Waals surface area (Å²) in [6.07, 6.45) is 19.9. The van der Waals surface area contributed by atoms with Crippen LogP contribution >= 0.6 is 0 Å². The highest BCUT2D eigenvalue weighted by atomic mass is 16.3. The Hall–Kier alpha value is -4.08. The number of carbonyl (C=O) groups is 4. The van der Waals surface area contributed by atoms with Gasteiger partial charge in [-0.25, -0.2) is 0 Å². The van der Waals surface area contributed by atoms with Crippen molar-refractivity contribution in [1.82, 2.24) is 21.3 Å². The number of amides is 4. The molecule has 10 nitrogen and oxygen atoms in total. The van der Waals surface area contributed by atoms with Gasteiger partial charge in [0.1, 0.15) is 29.6 Å². The molecule has 0 saturated carbocycles. The lowest BCUT2D eigenvalue weighted by Crippen LogP contribution is -2.57. The van der Waals surface area contributed by atoms with Gasteiger partial charge in [0, 0.05) is 26.3 Å². The van der Waals surface area contributed by atoms with E-state index in [0.717, 1.165) is 32.1 Å². The fourth-order valence-corrected chi connectivity index (χ4v) is 6.28. The van der Waals surface area contributed by atoms with Crippen molar-refractivity contribution in [2.24, 2.45) is 0 Å². The lowest BCUT2D eigenvalue weighted by molar-refractivity contribution is -0.133. The quantitative estimate of drug-likeness (QED) is 0.0513. The molecule has 0 heterocycles. The molecule has 0 fully saturated rings. The van der Waals surface area contributed by atoms with Crippen molar-refractivity contribution >= 4 is 23.6 Å². The zero-order chi connectivity index (χ0) is 38.0. The van der Waals surface area contributed by atoms with Crippen molar-refractivity contribution in [3.05, 3.63) is 59.7 Å². The van der Waals surface area contributed by atoms with E-state index in [1.54, 1.807) is 24.3 Å². The highest BCUT2D eigenvalue weighted by Gasteiger charge is 2.29. The van der Waals surface area contributed by atoms with Gasteiger partial charge in [-0.3, -0.25) is 19.2 Å². The van der Waals surface area contributed by atoms with Gasteiger partial charge in [-0.05, 0) is 48.2 Å². The van der Waals surface area contributed by atoms with E-state index in [2.05, 4.69) is 28.2 Å². The lowest BCUT2D eigenvalue weighted by Gasteiger charge is -2.25. The molecule has 0 saturated heterocycles. The highest BCUT2D eigenvalue weighted by Crippen LogP contribution is 2.15. The fourth-order valence-electron chi connectivity index (χ4n) is 6.28. The number of hydrogen-bond donors (Lipinski definition) is 6. The second-order valence-electron chi connectivity index (χ2n) is 14.1. The SMILES string of the molecule is CCCCCCCCCCCCCCCCNC(=O)[C@H](CCCC)NC(=O)[C@H](Cc1ccc(O)cc1)NC(=O)[C@H](Cc1ccc(O)cc1)NC(C)=O.